The van der Waals surface area contributed by atoms with E-state index in [0.29, 0.717) is 0 Å². The number of aliphatic hydroxyl groups excluding tert-OH is 1. The third kappa shape index (κ3) is 13.2. The normalized spacial score (nSPS) is 14.5. The van der Waals surface area contributed by atoms with Gasteiger partial charge in [0, 0.05) is 0 Å². The first kappa shape index (κ1) is 19.5. The van der Waals surface area contributed by atoms with Gasteiger partial charge in [-0.1, -0.05) is 0 Å². The van der Waals surface area contributed by atoms with Gasteiger partial charge in [-0.3, -0.25) is 0 Å². The molecule has 0 aromatic rings. The Labute approximate surface area is 128 Å². The van der Waals surface area contributed by atoms with E-state index in [2.05, 4.69) is 19.7 Å². The van der Waals surface area contributed by atoms with E-state index < -0.39 is 0 Å². The molecule has 2 heteroatoms. The molecule has 0 radical (unpaired) electrons. The van der Waals surface area contributed by atoms with Crippen molar-refractivity contribution in [1.82, 2.24) is 0 Å². The second-order valence-electron chi connectivity index (χ2n) is 5.91. The van der Waals surface area contributed by atoms with Crippen molar-refractivity contribution in [3.8, 4) is 0 Å². The monoisotopic (exact) mass is 336 g/mol. The van der Waals surface area contributed by atoms with Crippen LogP contribution in [0.1, 0.15) is 84.5 Å². The van der Waals surface area contributed by atoms with Crippen LogP contribution in [0.4, 0.5) is 0 Å². The van der Waals surface area contributed by atoms with E-state index in [-0.39, 0.29) is 6.10 Å². The average Bonchev–Trinajstić information content (AvgIpc) is 2.40. The molecule has 1 nitrogen and oxygen atoms in total. The summed E-state index contributed by atoms with van der Waals surface area (Å²) in [6.45, 7) is 4.51. The maximum absolute atomic E-state index is 10.2. The van der Waals surface area contributed by atoms with Crippen molar-refractivity contribution in [2.24, 2.45) is 5.92 Å². The van der Waals surface area contributed by atoms with Crippen molar-refractivity contribution >= 4 is 15.0 Å². The molecule has 0 saturated heterocycles. The fourth-order valence-corrected chi connectivity index (χ4v) is 4.30. The minimum atomic E-state index is -0.0321. The Hall–Kier alpha value is 0.479. The van der Waals surface area contributed by atoms with Crippen LogP contribution in [-0.2, 0) is 0 Å². The number of hydrogen-bond donors (Lipinski definition) is 1. The SMILES string of the molecule is CCCCCCC(O)CC(CCCCCC)C[Se]C. The number of rotatable bonds is 14. The van der Waals surface area contributed by atoms with Crippen molar-refractivity contribution in [2.75, 3.05) is 0 Å². The Kier molecular flexibility index (Phi) is 15.3. The minimum absolute atomic E-state index is 0.0321. The van der Waals surface area contributed by atoms with Gasteiger partial charge in [0.25, 0.3) is 0 Å². The number of hydrogen-bond acceptors (Lipinski definition) is 1. The molecule has 0 amide bonds. The van der Waals surface area contributed by atoms with Crippen LogP contribution in [0.2, 0.25) is 11.1 Å². The predicted molar refractivity (Wildman–Crippen MR) is 88.1 cm³/mol. The fraction of sp³-hybridized carbons (Fsp3) is 1.00. The standard InChI is InChI=1S/C17H36OSe/c1-4-6-8-10-12-16(15-19-3)14-17(18)13-11-9-7-5-2/h16-18H,4-15H2,1-3H3. The van der Waals surface area contributed by atoms with Gasteiger partial charge >= 0.3 is 128 Å². The summed E-state index contributed by atoms with van der Waals surface area (Å²) in [5.41, 5.74) is 0. The Balaban J connectivity index is 3.70. The first-order valence-corrected chi connectivity index (χ1v) is 11.3. The van der Waals surface area contributed by atoms with Crippen molar-refractivity contribution < 1.29 is 5.11 Å². The van der Waals surface area contributed by atoms with Crippen LogP contribution >= 0.6 is 0 Å². The number of unbranched alkanes of at least 4 members (excludes halogenated alkanes) is 6. The van der Waals surface area contributed by atoms with Gasteiger partial charge in [0.05, 0.1) is 0 Å². The predicted octanol–water partition coefficient (Wildman–Crippen LogP) is 5.47. The summed E-state index contributed by atoms with van der Waals surface area (Å²) in [7, 11) is 0. The van der Waals surface area contributed by atoms with Crippen molar-refractivity contribution in [2.45, 2.75) is 102 Å². The molecule has 0 saturated carbocycles. The summed E-state index contributed by atoms with van der Waals surface area (Å²) in [6, 6.07) is 0. The molecule has 19 heavy (non-hydrogen) atoms. The van der Waals surface area contributed by atoms with Gasteiger partial charge in [0.1, 0.15) is 0 Å². The molecule has 0 aliphatic carbocycles. The first-order valence-electron chi connectivity index (χ1n) is 8.41. The molecule has 0 bridgehead atoms. The molecule has 0 aliphatic heterocycles. The molecule has 116 valence electrons. The van der Waals surface area contributed by atoms with E-state index in [1.54, 1.807) is 0 Å². The summed E-state index contributed by atoms with van der Waals surface area (Å²) in [5, 5.41) is 11.5. The van der Waals surface area contributed by atoms with E-state index in [9.17, 15) is 5.11 Å². The third-order valence-corrected chi connectivity index (χ3v) is 5.55. The number of aliphatic hydroxyl groups is 1. The molecular formula is C17H36OSe. The van der Waals surface area contributed by atoms with Gasteiger partial charge in [-0.2, -0.15) is 0 Å². The van der Waals surface area contributed by atoms with Crippen LogP contribution in [-0.4, -0.2) is 26.2 Å². The average molecular weight is 335 g/mol. The summed E-state index contributed by atoms with van der Waals surface area (Å²) >= 11 is 0.761. The van der Waals surface area contributed by atoms with Crippen LogP contribution in [0.5, 0.6) is 0 Å². The van der Waals surface area contributed by atoms with Crippen molar-refractivity contribution in [3.63, 3.8) is 0 Å². The molecule has 2 atom stereocenters. The van der Waals surface area contributed by atoms with Crippen LogP contribution in [0.25, 0.3) is 0 Å². The van der Waals surface area contributed by atoms with Crippen molar-refractivity contribution in [3.05, 3.63) is 0 Å². The zero-order valence-corrected chi connectivity index (χ0v) is 15.2. The van der Waals surface area contributed by atoms with Crippen LogP contribution in [0.3, 0.4) is 0 Å². The molecule has 0 aliphatic rings. The topological polar surface area (TPSA) is 20.2 Å². The van der Waals surface area contributed by atoms with Crippen molar-refractivity contribution in [1.29, 1.82) is 0 Å². The fourth-order valence-electron chi connectivity index (χ4n) is 2.67. The summed E-state index contributed by atoms with van der Waals surface area (Å²) < 4.78 is 0. The van der Waals surface area contributed by atoms with Gasteiger partial charge < -0.3 is 0 Å². The van der Waals surface area contributed by atoms with Crippen LogP contribution in [0.15, 0.2) is 0 Å². The summed E-state index contributed by atoms with van der Waals surface area (Å²) in [5.74, 6) is 3.13. The van der Waals surface area contributed by atoms with Gasteiger partial charge in [0.15, 0.2) is 0 Å². The van der Waals surface area contributed by atoms with Gasteiger partial charge in [-0.05, 0) is 0 Å². The Morgan fingerprint density at radius 3 is 1.95 bits per heavy atom. The van der Waals surface area contributed by atoms with Gasteiger partial charge in [-0.25, -0.2) is 0 Å². The van der Waals surface area contributed by atoms with E-state index in [1.807, 2.05) is 0 Å². The molecule has 0 spiro atoms. The molecule has 0 aromatic carbocycles. The zero-order chi connectivity index (χ0) is 14.3. The third-order valence-electron chi connectivity index (χ3n) is 3.86. The van der Waals surface area contributed by atoms with E-state index in [1.165, 1.54) is 63.1 Å². The zero-order valence-electron chi connectivity index (χ0n) is 13.5. The van der Waals surface area contributed by atoms with Gasteiger partial charge in [0.2, 0.25) is 0 Å². The van der Waals surface area contributed by atoms with E-state index in [0.717, 1.165) is 33.7 Å². The molecule has 1 N–H and O–H groups in total. The second-order valence-corrected chi connectivity index (χ2v) is 7.82. The summed E-state index contributed by atoms with van der Waals surface area (Å²) in [6.07, 6.45) is 14.0. The Morgan fingerprint density at radius 1 is 0.842 bits per heavy atom. The molecule has 0 fully saturated rings. The maximum atomic E-state index is 10.2. The van der Waals surface area contributed by atoms with Crippen LogP contribution < -0.4 is 0 Å². The van der Waals surface area contributed by atoms with E-state index in [4.69, 9.17) is 0 Å². The molecule has 0 heterocycles. The molecule has 2 unspecified atom stereocenters. The quantitative estimate of drug-likeness (QED) is 0.330. The summed E-state index contributed by atoms with van der Waals surface area (Å²) in [4.78, 5) is 0. The first-order chi connectivity index (χ1) is 9.24. The molecule has 0 aromatic heterocycles. The Bertz CT molecular complexity index is 173. The van der Waals surface area contributed by atoms with E-state index >= 15 is 0 Å². The second kappa shape index (κ2) is 14.9. The molecule has 0 rings (SSSR count). The Morgan fingerprint density at radius 2 is 1.42 bits per heavy atom. The molecular weight excluding hydrogens is 299 g/mol. The van der Waals surface area contributed by atoms with Gasteiger partial charge in [-0.15, -0.1) is 0 Å². The van der Waals surface area contributed by atoms with Crippen LogP contribution in [0, 0.1) is 5.92 Å².